The molecule has 0 aromatic carbocycles. The average molecular weight is 306 g/mol. The molecule has 2 unspecified atom stereocenters. The summed E-state index contributed by atoms with van der Waals surface area (Å²) in [7, 11) is 3.50. The highest BCUT2D eigenvalue weighted by Gasteiger charge is 2.32. The Morgan fingerprint density at radius 1 is 1.38 bits per heavy atom. The Labute approximate surface area is 108 Å². The molecule has 16 heavy (non-hydrogen) atoms. The van der Waals surface area contributed by atoms with E-state index in [1.165, 1.54) is 9.35 Å². The molecule has 1 saturated heterocycles. The van der Waals surface area contributed by atoms with Gasteiger partial charge in [-0.2, -0.15) is 0 Å². The minimum Gasteiger partial charge on any atom is -0.377 e. The first-order valence-corrected chi connectivity index (χ1v) is 6.91. The van der Waals surface area contributed by atoms with E-state index in [2.05, 4.69) is 32.3 Å². The van der Waals surface area contributed by atoms with Gasteiger partial charge in [-0.25, -0.2) is 0 Å². The van der Waals surface area contributed by atoms with E-state index < -0.39 is 0 Å². The second kappa shape index (κ2) is 5.60. The molecule has 0 amide bonds. The van der Waals surface area contributed by atoms with Gasteiger partial charge < -0.3 is 9.47 Å². The van der Waals surface area contributed by atoms with Crippen LogP contribution in [0.2, 0.25) is 0 Å². The second-order valence-corrected chi connectivity index (χ2v) is 5.89. The number of rotatable bonds is 4. The Hall–Kier alpha value is 0.0600. The van der Waals surface area contributed by atoms with Gasteiger partial charge in [-0.05, 0) is 22.0 Å². The van der Waals surface area contributed by atoms with E-state index in [1.54, 1.807) is 25.6 Å². The predicted octanol–water partition coefficient (Wildman–Crippen LogP) is 2.36. The molecule has 5 heteroatoms. The summed E-state index contributed by atoms with van der Waals surface area (Å²) >= 11 is 5.26. The number of hydrogen-bond acceptors (Lipinski definition) is 4. The minimum absolute atomic E-state index is 0.202. The summed E-state index contributed by atoms with van der Waals surface area (Å²) in [6.45, 7) is 2.88. The highest BCUT2D eigenvalue weighted by atomic mass is 79.9. The van der Waals surface area contributed by atoms with Crippen molar-refractivity contribution < 1.29 is 9.47 Å². The van der Waals surface area contributed by atoms with E-state index in [0.29, 0.717) is 0 Å². The topological polar surface area (TPSA) is 21.7 Å². The van der Waals surface area contributed by atoms with Crippen molar-refractivity contribution in [1.29, 1.82) is 0 Å². The first kappa shape index (κ1) is 12.5. The molecule has 0 aliphatic carbocycles. The van der Waals surface area contributed by atoms with Crippen LogP contribution in [0.3, 0.4) is 0 Å². The maximum Gasteiger partial charge on any atom is 0.0971 e. The first-order valence-electron chi connectivity index (χ1n) is 5.23. The van der Waals surface area contributed by atoms with Gasteiger partial charge in [0.1, 0.15) is 0 Å². The summed E-state index contributed by atoms with van der Waals surface area (Å²) in [5.74, 6) is 0. The Balaban J connectivity index is 1.92. The van der Waals surface area contributed by atoms with Gasteiger partial charge in [0.05, 0.1) is 12.2 Å². The van der Waals surface area contributed by atoms with Gasteiger partial charge in [-0.15, -0.1) is 11.3 Å². The molecule has 1 aliphatic heterocycles. The SMILES string of the molecule is COC1CN(Cc2cc(Br)cs2)CC1OC. The summed E-state index contributed by atoms with van der Waals surface area (Å²) in [5, 5.41) is 2.12. The summed E-state index contributed by atoms with van der Waals surface area (Å²) in [4.78, 5) is 3.75. The van der Waals surface area contributed by atoms with Gasteiger partial charge in [-0.3, -0.25) is 4.90 Å². The van der Waals surface area contributed by atoms with Crippen LogP contribution in [0.5, 0.6) is 0 Å². The van der Waals surface area contributed by atoms with Crippen molar-refractivity contribution in [2.75, 3.05) is 27.3 Å². The lowest BCUT2D eigenvalue weighted by atomic mass is 10.3. The third-order valence-corrected chi connectivity index (χ3v) is 4.58. The molecule has 2 heterocycles. The molecular formula is C11H16BrNO2S. The fraction of sp³-hybridized carbons (Fsp3) is 0.636. The minimum atomic E-state index is 0.202. The highest BCUT2D eigenvalue weighted by molar-refractivity contribution is 9.10. The smallest absolute Gasteiger partial charge is 0.0971 e. The largest absolute Gasteiger partial charge is 0.377 e. The summed E-state index contributed by atoms with van der Waals surface area (Å²) < 4.78 is 12.0. The predicted molar refractivity (Wildman–Crippen MR) is 68.9 cm³/mol. The third kappa shape index (κ3) is 2.84. The van der Waals surface area contributed by atoms with E-state index in [4.69, 9.17) is 9.47 Å². The maximum atomic E-state index is 5.42. The van der Waals surface area contributed by atoms with Crippen LogP contribution in [0, 0.1) is 0 Å². The molecule has 1 fully saturated rings. The van der Waals surface area contributed by atoms with Crippen LogP contribution in [0.4, 0.5) is 0 Å². The zero-order valence-corrected chi connectivity index (χ0v) is 11.9. The molecule has 1 aromatic rings. The van der Waals surface area contributed by atoms with Gasteiger partial charge in [0.15, 0.2) is 0 Å². The van der Waals surface area contributed by atoms with Crippen LogP contribution in [-0.4, -0.2) is 44.4 Å². The van der Waals surface area contributed by atoms with Crippen molar-refractivity contribution in [3.63, 3.8) is 0 Å². The molecule has 0 spiro atoms. The van der Waals surface area contributed by atoms with Gasteiger partial charge in [0.25, 0.3) is 0 Å². The van der Waals surface area contributed by atoms with E-state index in [0.717, 1.165) is 19.6 Å². The van der Waals surface area contributed by atoms with Crippen molar-refractivity contribution in [3.05, 3.63) is 20.8 Å². The molecule has 1 aromatic heterocycles. The zero-order valence-electron chi connectivity index (χ0n) is 9.48. The quantitative estimate of drug-likeness (QED) is 0.852. The number of halogens is 1. The molecule has 2 atom stereocenters. The van der Waals surface area contributed by atoms with E-state index >= 15 is 0 Å². The molecule has 90 valence electrons. The molecular weight excluding hydrogens is 290 g/mol. The number of likely N-dealkylation sites (tertiary alicyclic amines) is 1. The van der Waals surface area contributed by atoms with E-state index in [9.17, 15) is 0 Å². The van der Waals surface area contributed by atoms with Crippen molar-refractivity contribution in [2.24, 2.45) is 0 Å². The number of nitrogens with zero attached hydrogens (tertiary/aromatic N) is 1. The van der Waals surface area contributed by atoms with Crippen molar-refractivity contribution in [2.45, 2.75) is 18.8 Å². The average Bonchev–Trinajstić information content (AvgIpc) is 2.85. The first-order chi connectivity index (χ1) is 7.72. The Morgan fingerprint density at radius 3 is 2.44 bits per heavy atom. The van der Waals surface area contributed by atoms with Crippen LogP contribution >= 0.6 is 27.3 Å². The van der Waals surface area contributed by atoms with E-state index in [1.807, 2.05) is 0 Å². The van der Waals surface area contributed by atoms with Crippen LogP contribution in [-0.2, 0) is 16.0 Å². The van der Waals surface area contributed by atoms with Crippen LogP contribution < -0.4 is 0 Å². The lowest BCUT2D eigenvalue weighted by Crippen LogP contribution is -2.27. The lowest BCUT2D eigenvalue weighted by Gasteiger charge is -2.13. The molecule has 0 radical (unpaired) electrons. The zero-order chi connectivity index (χ0) is 11.5. The van der Waals surface area contributed by atoms with Gasteiger partial charge in [0.2, 0.25) is 0 Å². The monoisotopic (exact) mass is 305 g/mol. The normalized spacial score (nSPS) is 26.4. The summed E-state index contributed by atoms with van der Waals surface area (Å²) in [6.07, 6.45) is 0.404. The van der Waals surface area contributed by atoms with Crippen LogP contribution in [0.25, 0.3) is 0 Å². The highest BCUT2D eigenvalue weighted by Crippen LogP contribution is 2.24. The molecule has 0 N–H and O–H groups in total. The maximum absolute atomic E-state index is 5.42. The van der Waals surface area contributed by atoms with Crippen molar-refractivity contribution >= 4 is 27.3 Å². The fourth-order valence-electron chi connectivity index (χ4n) is 2.06. The summed E-state index contributed by atoms with van der Waals surface area (Å²) in [5.41, 5.74) is 0. The van der Waals surface area contributed by atoms with E-state index in [-0.39, 0.29) is 12.2 Å². The summed E-state index contributed by atoms with van der Waals surface area (Å²) in [6, 6.07) is 2.17. The number of thiophene rings is 1. The Bertz CT molecular complexity index is 332. The fourth-order valence-corrected chi connectivity index (χ4v) is 3.55. The molecule has 2 rings (SSSR count). The number of hydrogen-bond donors (Lipinski definition) is 0. The number of methoxy groups -OCH3 is 2. The second-order valence-electron chi connectivity index (χ2n) is 3.97. The molecule has 3 nitrogen and oxygen atoms in total. The van der Waals surface area contributed by atoms with Crippen molar-refractivity contribution in [3.8, 4) is 0 Å². The Morgan fingerprint density at radius 2 is 2.00 bits per heavy atom. The number of ether oxygens (including phenoxy) is 2. The molecule has 0 saturated carbocycles. The van der Waals surface area contributed by atoms with Crippen molar-refractivity contribution in [1.82, 2.24) is 4.90 Å². The third-order valence-electron chi connectivity index (χ3n) is 2.90. The van der Waals surface area contributed by atoms with Gasteiger partial charge >= 0.3 is 0 Å². The molecule has 1 aliphatic rings. The van der Waals surface area contributed by atoms with Gasteiger partial charge in [-0.1, -0.05) is 0 Å². The Kier molecular flexibility index (Phi) is 4.38. The van der Waals surface area contributed by atoms with Crippen LogP contribution in [0.15, 0.2) is 15.9 Å². The standard InChI is InChI=1S/C11H16BrNO2S/c1-14-10-5-13(6-11(10)15-2)4-9-3-8(12)7-16-9/h3,7,10-11H,4-6H2,1-2H3. The van der Waals surface area contributed by atoms with Crippen LogP contribution in [0.1, 0.15) is 4.88 Å². The molecule has 0 bridgehead atoms. The van der Waals surface area contributed by atoms with Gasteiger partial charge in [0, 0.05) is 48.6 Å². The lowest BCUT2D eigenvalue weighted by molar-refractivity contribution is -0.00461.